The minimum atomic E-state index is 0.150. The smallest absolute Gasteiger partial charge is 0.0637 e. The standard InChI is InChI=1S/C36H70N4O4/c1-26(9-4-18-41-19-5-14-37)29-10-11-30-34-31(25-33(36(29,30)3)44-22-8-17-40)35(2)13-12-28(42-20-6-15-38)23-27(35)24-32(34)43-21-7-16-39/h26-34H,4-25,37-40H2,1-3H3/t26-,27?,28-,29-,30+,31+,32-,33+,34?,35+,36-/m1/s1. The van der Waals surface area contributed by atoms with Crippen LogP contribution in [0.3, 0.4) is 0 Å². The Morgan fingerprint density at radius 1 is 0.682 bits per heavy atom. The molecule has 11 atom stereocenters. The van der Waals surface area contributed by atoms with Gasteiger partial charge in [-0.15, -0.1) is 0 Å². The highest BCUT2D eigenvalue weighted by Gasteiger charge is 2.66. The van der Waals surface area contributed by atoms with Crippen LogP contribution in [0.25, 0.3) is 0 Å². The van der Waals surface area contributed by atoms with Crippen LogP contribution in [0.2, 0.25) is 0 Å². The molecule has 0 aromatic rings. The molecule has 258 valence electrons. The molecule has 0 aromatic heterocycles. The van der Waals surface area contributed by atoms with Crippen molar-refractivity contribution in [3.8, 4) is 0 Å². The van der Waals surface area contributed by atoms with Gasteiger partial charge in [-0.2, -0.15) is 0 Å². The van der Waals surface area contributed by atoms with Gasteiger partial charge in [-0.1, -0.05) is 20.8 Å². The second-order valence-corrected chi connectivity index (χ2v) is 15.4. The number of rotatable bonds is 20. The molecule has 0 aromatic carbocycles. The summed E-state index contributed by atoms with van der Waals surface area (Å²) >= 11 is 0. The Bertz CT molecular complexity index is 821. The fraction of sp³-hybridized carbons (Fsp3) is 1.00. The van der Waals surface area contributed by atoms with Gasteiger partial charge in [-0.05, 0) is 151 Å². The molecule has 8 nitrogen and oxygen atoms in total. The second-order valence-electron chi connectivity index (χ2n) is 15.4. The third-order valence-electron chi connectivity index (χ3n) is 12.9. The Kier molecular flexibility index (Phi) is 14.7. The van der Waals surface area contributed by atoms with Gasteiger partial charge in [0.05, 0.1) is 18.3 Å². The average molecular weight is 623 g/mol. The third-order valence-corrected chi connectivity index (χ3v) is 12.9. The van der Waals surface area contributed by atoms with E-state index >= 15 is 0 Å². The van der Waals surface area contributed by atoms with Crippen LogP contribution >= 0.6 is 0 Å². The first-order valence-corrected chi connectivity index (χ1v) is 18.6. The molecule has 44 heavy (non-hydrogen) atoms. The maximum atomic E-state index is 6.97. The molecule has 0 saturated heterocycles. The molecule has 0 amide bonds. The number of nitrogens with two attached hydrogens (primary N) is 4. The quantitative estimate of drug-likeness (QED) is 0.141. The van der Waals surface area contributed by atoms with Gasteiger partial charge in [-0.3, -0.25) is 0 Å². The number of fused-ring (bicyclic) bond motifs is 5. The average Bonchev–Trinajstić information content (AvgIpc) is 3.38. The lowest BCUT2D eigenvalue weighted by Gasteiger charge is -2.65. The van der Waals surface area contributed by atoms with Crippen molar-refractivity contribution in [3.63, 3.8) is 0 Å². The summed E-state index contributed by atoms with van der Waals surface area (Å²) in [5.41, 5.74) is 23.8. The Balaban J connectivity index is 1.57. The van der Waals surface area contributed by atoms with Gasteiger partial charge in [0.25, 0.3) is 0 Å². The van der Waals surface area contributed by atoms with Crippen molar-refractivity contribution < 1.29 is 18.9 Å². The molecule has 4 rings (SSSR count). The molecule has 2 unspecified atom stereocenters. The summed E-state index contributed by atoms with van der Waals surface area (Å²) in [7, 11) is 0. The van der Waals surface area contributed by atoms with Crippen LogP contribution in [0.4, 0.5) is 0 Å². The zero-order valence-corrected chi connectivity index (χ0v) is 28.7. The number of hydrogen-bond donors (Lipinski definition) is 4. The van der Waals surface area contributed by atoms with E-state index < -0.39 is 0 Å². The molecule has 4 fully saturated rings. The van der Waals surface area contributed by atoms with Crippen LogP contribution in [0.5, 0.6) is 0 Å². The van der Waals surface area contributed by atoms with Gasteiger partial charge in [0, 0.05) is 38.4 Å². The summed E-state index contributed by atoms with van der Waals surface area (Å²) in [4.78, 5) is 0. The predicted molar refractivity (Wildman–Crippen MR) is 179 cm³/mol. The lowest BCUT2D eigenvalue weighted by atomic mass is 9.43. The number of ether oxygens (including phenoxy) is 4. The summed E-state index contributed by atoms with van der Waals surface area (Å²) in [6.45, 7) is 14.4. The van der Waals surface area contributed by atoms with E-state index in [2.05, 4.69) is 20.8 Å². The van der Waals surface area contributed by atoms with E-state index in [0.717, 1.165) is 90.8 Å². The zero-order chi connectivity index (χ0) is 31.6. The van der Waals surface area contributed by atoms with E-state index in [4.69, 9.17) is 41.9 Å². The van der Waals surface area contributed by atoms with E-state index in [9.17, 15) is 0 Å². The number of hydrogen-bond acceptors (Lipinski definition) is 8. The lowest BCUT2D eigenvalue weighted by Crippen LogP contribution is -2.63. The molecule has 4 saturated carbocycles. The van der Waals surface area contributed by atoms with Gasteiger partial charge in [-0.25, -0.2) is 0 Å². The Hall–Kier alpha value is -0.320. The van der Waals surface area contributed by atoms with Gasteiger partial charge < -0.3 is 41.9 Å². The van der Waals surface area contributed by atoms with Crippen molar-refractivity contribution in [2.45, 2.75) is 123 Å². The van der Waals surface area contributed by atoms with Crippen molar-refractivity contribution in [1.82, 2.24) is 0 Å². The van der Waals surface area contributed by atoms with Crippen molar-refractivity contribution in [3.05, 3.63) is 0 Å². The highest BCUT2D eigenvalue weighted by molar-refractivity contribution is 5.15. The van der Waals surface area contributed by atoms with Gasteiger partial charge in [0.2, 0.25) is 0 Å². The Morgan fingerprint density at radius 3 is 2.02 bits per heavy atom. The zero-order valence-electron chi connectivity index (χ0n) is 28.7. The summed E-state index contributed by atoms with van der Waals surface area (Å²) < 4.78 is 26.1. The molecule has 0 spiro atoms. The molecule has 0 bridgehead atoms. The molecule has 8 heteroatoms. The molecule has 0 aliphatic heterocycles. The molecule has 8 N–H and O–H groups in total. The Morgan fingerprint density at radius 2 is 1.32 bits per heavy atom. The van der Waals surface area contributed by atoms with Crippen LogP contribution in [0.1, 0.15) is 104 Å². The van der Waals surface area contributed by atoms with E-state index in [1.165, 1.54) is 25.7 Å². The molecular weight excluding hydrogens is 552 g/mol. The topological polar surface area (TPSA) is 141 Å². The molecule has 4 aliphatic carbocycles. The van der Waals surface area contributed by atoms with E-state index in [1.54, 1.807) is 0 Å². The summed E-state index contributed by atoms with van der Waals surface area (Å²) in [5.74, 6) is 3.73. The van der Waals surface area contributed by atoms with Crippen LogP contribution in [-0.2, 0) is 18.9 Å². The van der Waals surface area contributed by atoms with Crippen molar-refractivity contribution in [2.75, 3.05) is 59.2 Å². The van der Waals surface area contributed by atoms with E-state index in [0.29, 0.717) is 79.3 Å². The molecule has 4 aliphatic rings. The minimum Gasteiger partial charge on any atom is -0.381 e. The lowest BCUT2D eigenvalue weighted by molar-refractivity contribution is -0.227. The summed E-state index contributed by atoms with van der Waals surface area (Å²) in [6.07, 6.45) is 15.4. The summed E-state index contributed by atoms with van der Waals surface area (Å²) in [6, 6.07) is 0. The fourth-order valence-corrected chi connectivity index (χ4v) is 10.6. The van der Waals surface area contributed by atoms with Crippen molar-refractivity contribution >= 4 is 0 Å². The predicted octanol–water partition coefficient (Wildman–Crippen LogP) is 4.85. The maximum Gasteiger partial charge on any atom is 0.0637 e. The minimum absolute atomic E-state index is 0.150. The normalized spacial score (nSPS) is 39.1. The van der Waals surface area contributed by atoms with Gasteiger partial charge in [0.1, 0.15) is 0 Å². The SMILES string of the molecule is C[C@H](CCCOCCCN)[C@H]1CC[C@H]2C3[C@H](OCCCN)CC4C[C@H](OCCCN)CC[C@]4(C)[C@H]3C[C@H](OCCCN)[C@]12C. The van der Waals surface area contributed by atoms with E-state index in [1.807, 2.05) is 0 Å². The first kappa shape index (κ1) is 36.5. The highest BCUT2D eigenvalue weighted by Crippen LogP contribution is 2.69. The second kappa shape index (κ2) is 17.7. The van der Waals surface area contributed by atoms with Crippen LogP contribution in [0.15, 0.2) is 0 Å². The van der Waals surface area contributed by atoms with Gasteiger partial charge in [0.15, 0.2) is 0 Å². The van der Waals surface area contributed by atoms with Crippen LogP contribution < -0.4 is 22.9 Å². The van der Waals surface area contributed by atoms with Crippen LogP contribution in [0, 0.1) is 46.3 Å². The first-order chi connectivity index (χ1) is 21.3. The van der Waals surface area contributed by atoms with Crippen molar-refractivity contribution in [2.24, 2.45) is 69.3 Å². The van der Waals surface area contributed by atoms with Crippen molar-refractivity contribution in [1.29, 1.82) is 0 Å². The first-order valence-electron chi connectivity index (χ1n) is 18.6. The molecular formula is C36H70N4O4. The van der Waals surface area contributed by atoms with Crippen LogP contribution in [-0.4, -0.2) is 77.5 Å². The summed E-state index contributed by atoms with van der Waals surface area (Å²) in [5, 5.41) is 0. The highest BCUT2D eigenvalue weighted by atomic mass is 16.5. The molecule has 0 heterocycles. The van der Waals surface area contributed by atoms with E-state index in [-0.39, 0.29) is 11.5 Å². The van der Waals surface area contributed by atoms with Gasteiger partial charge >= 0.3 is 0 Å². The third kappa shape index (κ3) is 8.21. The largest absolute Gasteiger partial charge is 0.381 e. The monoisotopic (exact) mass is 623 g/mol. The fourth-order valence-electron chi connectivity index (χ4n) is 10.6. The Labute approximate surface area is 269 Å². The molecule has 0 radical (unpaired) electrons. The maximum absolute atomic E-state index is 6.97.